The molecule has 0 unspecified atom stereocenters. The Hall–Kier alpha value is -3.68. The zero-order valence-electron chi connectivity index (χ0n) is 15.6. The van der Waals surface area contributed by atoms with E-state index in [9.17, 15) is 14.4 Å². The van der Waals surface area contributed by atoms with Crippen molar-refractivity contribution in [2.24, 2.45) is 0 Å². The highest BCUT2D eigenvalue weighted by Gasteiger charge is 2.33. The lowest BCUT2D eigenvalue weighted by Gasteiger charge is -2.11. The van der Waals surface area contributed by atoms with E-state index in [2.05, 4.69) is 15.3 Å². The highest BCUT2D eigenvalue weighted by molar-refractivity contribution is 6.21. The van der Waals surface area contributed by atoms with Crippen molar-refractivity contribution in [1.29, 1.82) is 0 Å². The van der Waals surface area contributed by atoms with E-state index in [0.717, 1.165) is 15.9 Å². The molecule has 3 aromatic rings. The molecule has 0 bridgehead atoms. The Balaban J connectivity index is 1.56. The molecule has 28 heavy (non-hydrogen) atoms. The Bertz CT molecular complexity index is 1130. The van der Waals surface area contributed by atoms with Crippen LogP contribution in [0.3, 0.4) is 0 Å². The first-order chi connectivity index (χ1) is 13.4. The topological polar surface area (TPSA) is 104 Å². The van der Waals surface area contributed by atoms with Crippen LogP contribution in [0.2, 0.25) is 0 Å². The van der Waals surface area contributed by atoms with Crippen molar-refractivity contribution in [1.82, 2.24) is 20.2 Å². The van der Waals surface area contributed by atoms with Crippen LogP contribution in [0.1, 0.15) is 49.9 Å². The smallest absolute Gasteiger partial charge is 0.261 e. The van der Waals surface area contributed by atoms with Gasteiger partial charge in [0.25, 0.3) is 17.7 Å². The summed E-state index contributed by atoms with van der Waals surface area (Å²) in [6.07, 6.45) is 0. The molecule has 2 N–H and O–H groups in total. The first-order valence-corrected chi connectivity index (χ1v) is 8.70. The van der Waals surface area contributed by atoms with Crippen molar-refractivity contribution >= 4 is 28.8 Å². The van der Waals surface area contributed by atoms with Gasteiger partial charge < -0.3 is 15.0 Å². The second-order valence-electron chi connectivity index (χ2n) is 6.63. The van der Waals surface area contributed by atoms with Crippen LogP contribution in [0.15, 0.2) is 36.4 Å². The number of methoxy groups -OCH3 is 1. The Labute approximate surface area is 160 Å². The van der Waals surface area contributed by atoms with Crippen molar-refractivity contribution < 1.29 is 19.1 Å². The van der Waals surface area contributed by atoms with Gasteiger partial charge in [-0.25, -0.2) is 4.98 Å². The van der Waals surface area contributed by atoms with Crippen LogP contribution in [0.4, 0.5) is 0 Å². The number of aromatic nitrogens is 2. The third-order valence-corrected chi connectivity index (χ3v) is 4.82. The second kappa shape index (κ2) is 6.49. The summed E-state index contributed by atoms with van der Waals surface area (Å²) in [7, 11) is 3.01. The number of H-pyrrole nitrogens is 1. The molecule has 142 valence electrons. The number of ether oxygens (including phenoxy) is 1. The van der Waals surface area contributed by atoms with E-state index in [1.807, 2.05) is 25.1 Å². The monoisotopic (exact) mass is 378 g/mol. The minimum atomic E-state index is -0.408. The Morgan fingerprint density at radius 1 is 1.14 bits per heavy atom. The molecule has 0 saturated carbocycles. The standard InChI is InChI=1S/C20H18N4O4/c1-10(17-22-15-7-5-12(28-3)9-16(15)23-17)21-18(25)11-4-6-13-14(8-11)20(27)24(2)19(13)26/h4-10H,1-3H3,(H,21,25)(H,22,23)/t10-/m0/s1. The fourth-order valence-corrected chi connectivity index (χ4v) is 3.19. The number of amides is 3. The predicted molar refractivity (Wildman–Crippen MR) is 101 cm³/mol. The molecule has 2 heterocycles. The van der Waals surface area contributed by atoms with Crippen LogP contribution in [-0.2, 0) is 0 Å². The number of rotatable bonds is 4. The average Bonchev–Trinajstić information content (AvgIpc) is 3.22. The molecular formula is C20H18N4O4. The summed E-state index contributed by atoms with van der Waals surface area (Å²) >= 11 is 0. The number of hydrogen-bond acceptors (Lipinski definition) is 5. The molecule has 0 aliphatic carbocycles. The third kappa shape index (κ3) is 2.79. The molecule has 1 aliphatic rings. The van der Waals surface area contributed by atoms with Crippen LogP contribution >= 0.6 is 0 Å². The van der Waals surface area contributed by atoms with Crippen molar-refractivity contribution in [3.63, 3.8) is 0 Å². The van der Waals surface area contributed by atoms with Gasteiger partial charge in [-0.15, -0.1) is 0 Å². The van der Waals surface area contributed by atoms with E-state index >= 15 is 0 Å². The molecule has 2 aromatic carbocycles. The van der Waals surface area contributed by atoms with E-state index in [4.69, 9.17) is 4.74 Å². The number of carbonyl (C=O) groups excluding carboxylic acids is 3. The molecule has 1 aromatic heterocycles. The molecule has 0 radical (unpaired) electrons. The summed E-state index contributed by atoms with van der Waals surface area (Å²) < 4.78 is 5.20. The van der Waals surface area contributed by atoms with Gasteiger partial charge in [0.2, 0.25) is 0 Å². The molecular weight excluding hydrogens is 360 g/mol. The molecule has 0 fully saturated rings. The van der Waals surface area contributed by atoms with E-state index in [1.165, 1.54) is 25.2 Å². The minimum absolute atomic E-state index is 0.239. The van der Waals surface area contributed by atoms with Gasteiger partial charge in [-0.1, -0.05) is 0 Å². The first-order valence-electron chi connectivity index (χ1n) is 8.70. The fraction of sp³-hybridized carbons (Fsp3) is 0.200. The number of carbonyl (C=O) groups is 3. The number of nitrogens with one attached hydrogen (secondary N) is 2. The average molecular weight is 378 g/mol. The van der Waals surface area contributed by atoms with E-state index in [-0.39, 0.29) is 23.4 Å². The van der Waals surface area contributed by atoms with Crippen molar-refractivity contribution in [2.45, 2.75) is 13.0 Å². The Kier molecular flexibility index (Phi) is 4.11. The normalized spacial score (nSPS) is 14.3. The van der Waals surface area contributed by atoms with Crippen molar-refractivity contribution in [3.8, 4) is 5.75 Å². The molecule has 8 heteroatoms. The van der Waals surface area contributed by atoms with Gasteiger partial charge in [-0.05, 0) is 37.3 Å². The van der Waals surface area contributed by atoms with Gasteiger partial charge in [0.15, 0.2) is 0 Å². The highest BCUT2D eigenvalue weighted by Crippen LogP contribution is 2.24. The summed E-state index contributed by atoms with van der Waals surface area (Å²) in [4.78, 5) is 45.4. The van der Waals surface area contributed by atoms with Gasteiger partial charge in [-0.2, -0.15) is 0 Å². The summed E-state index contributed by atoms with van der Waals surface area (Å²) in [6.45, 7) is 1.81. The molecule has 4 rings (SSSR count). The summed E-state index contributed by atoms with van der Waals surface area (Å²) in [6, 6.07) is 9.59. The quantitative estimate of drug-likeness (QED) is 0.678. The number of aromatic amines is 1. The lowest BCUT2D eigenvalue weighted by atomic mass is 10.1. The van der Waals surface area contributed by atoms with Gasteiger partial charge >= 0.3 is 0 Å². The Morgan fingerprint density at radius 3 is 2.64 bits per heavy atom. The van der Waals surface area contributed by atoms with E-state index < -0.39 is 5.91 Å². The SMILES string of the molecule is COc1ccc2nc([C@H](C)NC(=O)c3ccc4c(c3)C(=O)N(C)C4=O)[nH]c2c1. The number of imide groups is 1. The lowest BCUT2D eigenvalue weighted by Crippen LogP contribution is -2.27. The van der Waals surface area contributed by atoms with Crippen LogP contribution in [0.25, 0.3) is 11.0 Å². The van der Waals surface area contributed by atoms with Crippen molar-refractivity contribution in [2.75, 3.05) is 14.2 Å². The molecule has 8 nitrogen and oxygen atoms in total. The van der Waals surface area contributed by atoms with E-state index in [0.29, 0.717) is 22.7 Å². The van der Waals surface area contributed by atoms with Crippen LogP contribution in [-0.4, -0.2) is 46.7 Å². The van der Waals surface area contributed by atoms with Crippen LogP contribution in [0.5, 0.6) is 5.75 Å². The lowest BCUT2D eigenvalue weighted by molar-refractivity contribution is 0.0693. The van der Waals surface area contributed by atoms with Crippen LogP contribution < -0.4 is 10.1 Å². The number of benzene rings is 2. The van der Waals surface area contributed by atoms with Crippen LogP contribution in [0, 0.1) is 0 Å². The van der Waals surface area contributed by atoms with Crippen molar-refractivity contribution in [3.05, 3.63) is 58.9 Å². The predicted octanol–water partition coefficient (Wildman–Crippen LogP) is 2.29. The highest BCUT2D eigenvalue weighted by atomic mass is 16.5. The zero-order chi connectivity index (χ0) is 20.0. The number of hydrogen-bond donors (Lipinski definition) is 2. The summed E-state index contributed by atoms with van der Waals surface area (Å²) in [5.41, 5.74) is 2.42. The third-order valence-electron chi connectivity index (χ3n) is 4.82. The Morgan fingerprint density at radius 2 is 1.89 bits per heavy atom. The molecule has 1 aliphatic heterocycles. The van der Waals surface area contributed by atoms with Gasteiger partial charge in [0.05, 0.1) is 35.3 Å². The summed E-state index contributed by atoms with van der Waals surface area (Å²) in [5.74, 6) is 0.181. The summed E-state index contributed by atoms with van der Waals surface area (Å²) in [5, 5.41) is 2.86. The minimum Gasteiger partial charge on any atom is -0.497 e. The first kappa shape index (κ1) is 17.7. The number of imidazole rings is 1. The fourth-order valence-electron chi connectivity index (χ4n) is 3.19. The maximum Gasteiger partial charge on any atom is 0.261 e. The molecule has 1 atom stereocenters. The maximum absolute atomic E-state index is 12.6. The van der Waals surface area contributed by atoms with Gasteiger partial charge in [-0.3, -0.25) is 19.3 Å². The zero-order valence-corrected chi connectivity index (χ0v) is 15.6. The number of nitrogens with zero attached hydrogens (tertiary/aromatic N) is 2. The second-order valence-corrected chi connectivity index (χ2v) is 6.63. The molecule has 0 spiro atoms. The maximum atomic E-state index is 12.6. The van der Waals surface area contributed by atoms with Gasteiger partial charge in [0, 0.05) is 18.7 Å². The van der Waals surface area contributed by atoms with E-state index in [1.54, 1.807) is 7.11 Å². The number of fused-ring (bicyclic) bond motifs is 2. The molecule has 3 amide bonds. The largest absolute Gasteiger partial charge is 0.497 e. The van der Waals surface area contributed by atoms with Gasteiger partial charge in [0.1, 0.15) is 11.6 Å². The molecule has 0 saturated heterocycles.